The number of aromatic hydroxyl groups is 1. The molecule has 0 saturated carbocycles. The predicted molar refractivity (Wildman–Crippen MR) is 79.4 cm³/mol. The molecular weight excluding hydrogens is 306 g/mol. The van der Waals surface area contributed by atoms with Gasteiger partial charge in [-0.1, -0.05) is 12.1 Å². The van der Waals surface area contributed by atoms with Crippen LogP contribution < -0.4 is 16.8 Å². The van der Waals surface area contributed by atoms with E-state index >= 15 is 0 Å². The van der Waals surface area contributed by atoms with Crippen molar-refractivity contribution in [2.75, 3.05) is 0 Å². The number of amides is 1. The number of carboxylic acids is 2. The van der Waals surface area contributed by atoms with Gasteiger partial charge in [0.2, 0.25) is 5.91 Å². The highest BCUT2D eigenvalue weighted by Crippen LogP contribution is 2.21. The lowest BCUT2D eigenvalue weighted by Gasteiger charge is -2.26. The van der Waals surface area contributed by atoms with Crippen LogP contribution in [0.4, 0.5) is 0 Å². The van der Waals surface area contributed by atoms with Crippen molar-refractivity contribution in [3.05, 3.63) is 29.8 Å². The van der Waals surface area contributed by atoms with Crippen LogP contribution in [-0.2, 0) is 14.4 Å². The van der Waals surface area contributed by atoms with Crippen molar-refractivity contribution < 1.29 is 29.7 Å². The maximum atomic E-state index is 11.3. The van der Waals surface area contributed by atoms with Gasteiger partial charge in [0.15, 0.2) is 0 Å². The minimum atomic E-state index is -1.42. The number of primary amides is 1. The molecule has 3 unspecified atom stereocenters. The van der Waals surface area contributed by atoms with Gasteiger partial charge in [0.05, 0.1) is 6.04 Å². The Morgan fingerprint density at radius 1 is 1.09 bits per heavy atom. The van der Waals surface area contributed by atoms with Crippen LogP contribution in [0.15, 0.2) is 24.3 Å². The lowest BCUT2D eigenvalue weighted by molar-refractivity contribution is -0.142. The van der Waals surface area contributed by atoms with E-state index in [0.717, 1.165) is 0 Å². The number of carbonyl (C=O) groups excluding carboxylic acids is 1. The van der Waals surface area contributed by atoms with Crippen LogP contribution in [0.25, 0.3) is 0 Å². The van der Waals surface area contributed by atoms with Crippen molar-refractivity contribution in [2.45, 2.75) is 31.0 Å². The molecule has 126 valence electrons. The monoisotopic (exact) mass is 325 g/mol. The van der Waals surface area contributed by atoms with Crippen LogP contribution in [0.2, 0.25) is 0 Å². The van der Waals surface area contributed by atoms with E-state index in [4.69, 9.17) is 16.6 Å². The summed E-state index contributed by atoms with van der Waals surface area (Å²) in [6.45, 7) is 0. The number of nitrogens with one attached hydrogen (secondary N) is 1. The van der Waals surface area contributed by atoms with Gasteiger partial charge in [-0.15, -0.1) is 0 Å². The number of aliphatic carboxylic acids is 2. The molecule has 0 spiro atoms. The van der Waals surface area contributed by atoms with Crippen molar-refractivity contribution in [1.82, 2.24) is 5.32 Å². The Hall–Kier alpha value is -2.65. The second-order valence-corrected chi connectivity index (χ2v) is 5.00. The lowest BCUT2D eigenvalue weighted by Crippen LogP contribution is -2.49. The number of carboxylic acid groups (broad SMARTS) is 2. The first-order valence-electron chi connectivity index (χ1n) is 6.77. The third-order valence-electron chi connectivity index (χ3n) is 3.25. The van der Waals surface area contributed by atoms with E-state index < -0.39 is 36.0 Å². The molecule has 0 aliphatic rings. The summed E-state index contributed by atoms with van der Waals surface area (Å²) >= 11 is 0. The Morgan fingerprint density at radius 3 is 2.09 bits per heavy atom. The van der Waals surface area contributed by atoms with Crippen LogP contribution in [0.3, 0.4) is 0 Å². The number of carbonyl (C=O) groups is 3. The largest absolute Gasteiger partial charge is 0.508 e. The molecule has 0 heterocycles. The molecular formula is C14H19N3O6. The van der Waals surface area contributed by atoms with E-state index in [0.29, 0.717) is 5.56 Å². The van der Waals surface area contributed by atoms with E-state index in [1.165, 1.54) is 24.3 Å². The average molecular weight is 325 g/mol. The van der Waals surface area contributed by atoms with Crippen LogP contribution >= 0.6 is 0 Å². The van der Waals surface area contributed by atoms with E-state index in [2.05, 4.69) is 5.32 Å². The van der Waals surface area contributed by atoms with Crippen molar-refractivity contribution in [2.24, 2.45) is 11.5 Å². The summed E-state index contributed by atoms with van der Waals surface area (Å²) in [7, 11) is 0. The summed E-state index contributed by atoms with van der Waals surface area (Å²) in [6.07, 6.45) is -0.278. The number of benzene rings is 1. The third kappa shape index (κ3) is 5.57. The summed E-state index contributed by atoms with van der Waals surface area (Å²) < 4.78 is 0. The number of phenols is 1. The lowest BCUT2D eigenvalue weighted by atomic mass is 9.97. The molecule has 8 N–H and O–H groups in total. The van der Waals surface area contributed by atoms with E-state index in [-0.39, 0.29) is 18.6 Å². The number of hydrogen-bond acceptors (Lipinski definition) is 6. The Morgan fingerprint density at radius 2 is 1.65 bits per heavy atom. The molecule has 1 rings (SSSR count). The van der Waals surface area contributed by atoms with Crippen LogP contribution in [0, 0.1) is 0 Å². The molecule has 0 aliphatic heterocycles. The summed E-state index contributed by atoms with van der Waals surface area (Å²) in [5, 5.41) is 30.2. The summed E-state index contributed by atoms with van der Waals surface area (Å²) in [5.74, 6) is -3.27. The van der Waals surface area contributed by atoms with Crippen LogP contribution in [0.1, 0.15) is 24.4 Å². The normalized spacial score (nSPS) is 14.7. The van der Waals surface area contributed by atoms with Gasteiger partial charge in [0, 0.05) is 6.42 Å². The Labute approximate surface area is 131 Å². The highest BCUT2D eigenvalue weighted by molar-refractivity contribution is 5.78. The molecule has 0 fully saturated rings. The zero-order valence-corrected chi connectivity index (χ0v) is 12.2. The minimum Gasteiger partial charge on any atom is -0.508 e. The first-order chi connectivity index (χ1) is 10.7. The SMILES string of the molecule is NC(=O)CCC(NC(c1ccc(O)cc1)C(N)C(=O)O)C(=O)O. The van der Waals surface area contributed by atoms with E-state index in [9.17, 15) is 24.6 Å². The first kappa shape index (κ1) is 18.4. The Kier molecular flexibility index (Phi) is 6.49. The number of phenolic OH excluding ortho intramolecular Hbond substituents is 1. The van der Waals surface area contributed by atoms with Crippen LogP contribution in [0.5, 0.6) is 5.75 Å². The van der Waals surface area contributed by atoms with Gasteiger partial charge >= 0.3 is 11.9 Å². The molecule has 1 aromatic carbocycles. The van der Waals surface area contributed by atoms with Crippen molar-refractivity contribution in [1.29, 1.82) is 0 Å². The molecule has 0 radical (unpaired) electrons. The van der Waals surface area contributed by atoms with E-state index in [1.54, 1.807) is 0 Å². The topological polar surface area (TPSA) is 176 Å². The maximum Gasteiger partial charge on any atom is 0.322 e. The summed E-state index contributed by atoms with van der Waals surface area (Å²) in [5.41, 5.74) is 11.0. The van der Waals surface area contributed by atoms with Gasteiger partial charge in [-0.2, -0.15) is 0 Å². The van der Waals surface area contributed by atoms with Gasteiger partial charge in [0.1, 0.15) is 17.8 Å². The fraction of sp³-hybridized carbons (Fsp3) is 0.357. The molecule has 1 aromatic rings. The van der Waals surface area contributed by atoms with Crippen LogP contribution in [-0.4, -0.2) is 45.2 Å². The van der Waals surface area contributed by atoms with E-state index in [1.807, 2.05) is 0 Å². The Bertz CT molecular complexity index is 574. The molecule has 23 heavy (non-hydrogen) atoms. The second-order valence-electron chi connectivity index (χ2n) is 5.00. The molecule has 0 aliphatic carbocycles. The van der Waals surface area contributed by atoms with Crippen molar-refractivity contribution >= 4 is 17.8 Å². The third-order valence-corrected chi connectivity index (χ3v) is 3.25. The van der Waals surface area contributed by atoms with Gasteiger partial charge in [0.25, 0.3) is 0 Å². The number of rotatable bonds is 9. The fourth-order valence-electron chi connectivity index (χ4n) is 2.01. The quantitative estimate of drug-likeness (QED) is 0.340. The number of nitrogens with two attached hydrogens (primary N) is 2. The first-order valence-corrected chi connectivity index (χ1v) is 6.77. The zero-order chi connectivity index (χ0) is 17.6. The molecule has 9 nitrogen and oxygen atoms in total. The Balaban J connectivity index is 3.02. The molecule has 1 amide bonds. The average Bonchev–Trinajstić information content (AvgIpc) is 2.47. The van der Waals surface area contributed by atoms with Gasteiger partial charge in [-0.25, -0.2) is 0 Å². The summed E-state index contributed by atoms with van der Waals surface area (Å²) in [4.78, 5) is 33.3. The molecule has 0 bridgehead atoms. The molecule has 3 atom stereocenters. The standard InChI is InChI=1S/C14H19N3O6/c15-10(19)6-5-9(13(20)21)17-12(11(16)14(22)23)7-1-3-8(18)4-2-7/h1-4,9,11-12,17-18H,5-6,16H2,(H2,15,19)(H,20,21)(H,22,23). The number of hydrogen-bond donors (Lipinski definition) is 6. The molecule has 0 aromatic heterocycles. The van der Waals surface area contributed by atoms with Gasteiger partial charge < -0.3 is 26.8 Å². The fourth-order valence-corrected chi connectivity index (χ4v) is 2.01. The zero-order valence-electron chi connectivity index (χ0n) is 12.2. The highest BCUT2D eigenvalue weighted by atomic mass is 16.4. The molecule has 9 heteroatoms. The van der Waals surface area contributed by atoms with Crippen molar-refractivity contribution in [3.8, 4) is 5.75 Å². The minimum absolute atomic E-state index is 0.0279. The smallest absolute Gasteiger partial charge is 0.322 e. The van der Waals surface area contributed by atoms with Gasteiger partial charge in [-0.05, 0) is 24.1 Å². The maximum absolute atomic E-state index is 11.3. The predicted octanol–water partition coefficient (Wildman–Crippen LogP) is -0.846. The highest BCUT2D eigenvalue weighted by Gasteiger charge is 2.30. The summed E-state index contributed by atoms with van der Waals surface area (Å²) in [6, 6.07) is 1.88. The molecule has 0 saturated heterocycles. The second kappa shape index (κ2) is 8.11. The van der Waals surface area contributed by atoms with Crippen molar-refractivity contribution in [3.63, 3.8) is 0 Å². The van der Waals surface area contributed by atoms with Gasteiger partial charge in [-0.3, -0.25) is 19.7 Å².